The number of nitrogens with zero attached hydrogens (tertiary/aromatic N) is 1. The van der Waals surface area contributed by atoms with Crippen molar-refractivity contribution in [3.05, 3.63) is 40.9 Å². The highest BCUT2D eigenvalue weighted by Gasteiger charge is 2.16. The van der Waals surface area contributed by atoms with Crippen LogP contribution in [0.2, 0.25) is 5.02 Å². The number of ether oxygens (including phenoxy) is 1. The molecule has 5 nitrogen and oxygen atoms in total. The van der Waals surface area contributed by atoms with Crippen LogP contribution < -0.4 is 4.74 Å². The van der Waals surface area contributed by atoms with Crippen molar-refractivity contribution in [1.29, 1.82) is 0 Å². The van der Waals surface area contributed by atoms with Crippen LogP contribution in [0.15, 0.2) is 30.4 Å². The maximum absolute atomic E-state index is 12.0. The average molecular weight is 312 g/mol. The van der Waals surface area contributed by atoms with Gasteiger partial charge in [-0.2, -0.15) is 0 Å². The first kappa shape index (κ1) is 17.0. The number of benzene rings is 1. The SMILES string of the molecule is C=C(C)CN(CC)C(=O)COc1ccc(Cl)cc1C(=O)O. The van der Waals surface area contributed by atoms with E-state index in [0.29, 0.717) is 18.1 Å². The van der Waals surface area contributed by atoms with Gasteiger partial charge >= 0.3 is 5.97 Å². The molecule has 21 heavy (non-hydrogen) atoms. The predicted molar refractivity (Wildman–Crippen MR) is 81.0 cm³/mol. The Morgan fingerprint density at radius 2 is 2.10 bits per heavy atom. The molecule has 0 aromatic heterocycles. The second kappa shape index (κ2) is 7.69. The highest BCUT2D eigenvalue weighted by molar-refractivity contribution is 6.31. The number of carboxylic acid groups (broad SMARTS) is 1. The zero-order valence-electron chi connectivity index (χ0n) is 12.1. The number of likely N-dealkylation sites (N-methyl/N-ethyl adjacent to an activating group) is 1. The fourth-order valence-corrected chi connectivity index (χ4v) is 1.90. The lowest BCUT2D eigenvalue weighted by molar-refractivity contribution is -0.132. The second-order valence-electron chi connectivity index (χ2n) is 4.60. The van der Waals surface area contributed by atoms with Gasteiger partial charge < -0.3 is 14.7 Å². The molecule has 0 unspecified atom stereocenters. The molecule has 0 aliphatic rings. The van der Waals surface area contributed by atoms with Gasteiger partial charge in [-0.15, -0.1) is 0 Å². The molecule has 0 saturated heterocycles. The Hall–Kier alpha value is -2.01. The van der Waals surface area contributed by atoms with E-state index in [-0.39, 0.29) is 23.8 Å². The topological polar surface area (TPSA) is 66.8 Å². The van der Waals surface area contributed by atoms with Gasteiger partial charge in [0.15, 0.2) is 6.61 Å². The minimum Gasteiger partial charge on any atom is -0.483 e. The van der Waals surface area contributed by atoms with Gasteiger partial charge in [0.2, 0.25) is 0 Å². The lowest BCUT2D eigenvalue weighted by Gasteiger charge is -2.21. The molecule has 0 spiro atoms. The fraction of sp³-hybridized carbons (Fsp3) is 0.333. The van der Waals surface area contributed by atoms with E-state index in [9.17, 15) is 9.59 Å². The summed E-state index contributed by atoms with van der Waals surface area (Å²) in [6.07, 6.45) is 0. The van der Waals surface area contributed by atoms with E-state index in [0.717, 1.165) is 5.57 Å². The third-order valence-electron chi connectivity index (χ3n) is 2.72. The number of carboxylic acids is 1. The van der Waals surface area contributed by atoms with Gasteiger partial charge in [-0.25, -0.2) is 4.79 Å². The number of carbonyl (C=O) groups excluding carboxylic acids is 1. The quantitative estimate of drug-likeness (QED) is 0.786. The molecule has 0 fully saturated rings. The van der Waals surface area contributed by atoms with Crippen molar-refractivity contribution < 1.29 is 19.4 Å². The highest BCUT2D eigenvalue weighted by atomic mass is 35.5. The Morgan fingerprint density at radius 3 is 2.62 bits per heavy atom. The molecule has 1 rings (SSSR count). The van der Waals surface area contributed by atoms with E-state index in [1.165, 1.54) is 18.2 Å². The number of hydrogen-bond donors (Lipinski definition) is 1. The van der Waals surface area contributed by atoms with E-state index >= 15 is 0 Å². The van der Waals surface area contributed by atoms with Gasteiger partial charge in [0.1, 0.15) is 11.3 Å². The molecular formula is C15H18ClNO4. The minimum absolute atomic E-state index is 0.0711. The number of aromatic carboxylic acids is 1. The minimum atomic E-state index is -1.16. The largest absolute Gasteiger partial charge is 0.483 e. The molecule has 1 aromatic rings. The molecule has 0 atom stereocenters. The van der Waals surface area contributed by atoms with Gasteiger partial charge in [-0.1, -0.05) is 23.8 Å². The number of hydrogen-bond acceptors (Lipinski definition) is 3. The molecule has 1 aromatic carbocycles. The molecule has 0 bridgehead atoms. The van der Waals surface area contributed by atoms with Crippen LogP contribution in [-0.2, 0) is 4.79 Å². The second-order valence-corrected chi connectivity index (χ2v) is 5.04. The first-order chi connectivity index (χ1) is 9.85. The van der Waals surface area contributed by atoms with Crippen LogP contribution in [0.3, 0.4) is 0 Å². The molecule has 1 N–H and O–H groups in total. The maximum Gasteiger partial charge on any atom is 0.339 e. The van der Waals surface area contributed by atoms with Crippen LogP contribution in [0, 0.1) is 0 Å². The summed E-state index contributed by atoms with van der Waals surface area (Å²) >= 11 is 5.75. The van der Waals surface area contributed by atoms with Crippen molar-refractivity contribution in [2.75, 3.05) is 19.7 Å². The summed E-state index contributed by atoms with van der Waals surface area (Å²) < 4.78 is 5.32. The maximum atomic E-state index is 12.0. The van der Waals surface area contributed by atoms with Crippen LogP contribution in [0.5, 0.6) is 5.75 Å². The number of amides is 1. The molecule has 0 aliphatic heterocycles. The fourth-order valence-electron chi connectivity index (χ4n) is 1.73. The third kappa shape index (κ3) is 5.11. The first-order valence-corrected chi connectivity index (χ1v) is 6.80. The summed E-state index contributed by atoms with van der Waals surface area (Å²) in [6, 6.07) is 4.24. The summed E-state index contributed by atoms with van der Waals surface area (Å²) in [7, 11) is 0. The Balaban J connectivity index is 2.77. The van der Waals surface area contributed by atoms with E-state index in [2.05, 4.69) is 6.58 Å². The van der Waals surface area contributed by atoms with Crippen molar-refractivity contribution in [1.82, 2.24) is 4.90 Å². The Kier molecular flexibility index (Phi) is 6.24. The molecule has 114 valence electrons. The number of rotatable bonds is 7. The van der Waals surface area contributed by atoms with Crippen LogP contribution in [0.4, 0.5) is 0 Å². The summed E-state index contributed by atoms with van der Waals surface area (Å²) in [5.41, 5.74) is 0.793. The van der Waals surface area contributed by atoms with Gasteiger partial charge in [0.25, 0.3) is 5.91 Å². The van der Waals surface area contributed by atoms with Crippen LogP contribution in [-0.4, -0.2) is 41.6 Å². The van der Waals surface area contributed by atoms with Gasteiger partial charge in [0, 0.05) is 18.1 Å². The lowest BCUT2D eigenvalue weighted by Crippen LogP contribution is -2.36. The predicted octanol–water partition coefficient (Wildman–Crippen LogP) is 2.84. The molecular weight excluding hydrogens is 294 g/mol. The van der Waals surface area contributed by atoms with E-state index < -0.39 is 5.97 Å². The van der Waals surface area contributed by atoms with Crippen molar-refractivity contribution in [2.45, 2.75) is 13.8 Å². The lowest BCUT2D eigenvalue weighted by atomic mass is 10.2. The molecule has 0 radical (unpaired) electrons. The van der Waals surface area contributed by atoms with E-state index in [4.69, 9.17) is 21.4 Å². The van der Waals surface area contributed by atoms with Crippen molar-refractivity contribution in [3.8, 4) is 5.75 Å². The third-order valence-corrected chi connectivity index (χ3v) is 2.95. The molecule has 0 heterocycles. The summed E-state index contributed by atoms with van der Waals surface area (Å²) in [4.78, 5) is 24.7. The normalized spacial score (nSPS) is 10.0. The molecule has 1 amide bonds. The zero-order valence-corrected chi connectivity index (χ0v) is 12.8. The monoisotopic (exact) mass is 311 g/mol. The summed E-state index contributed by atoms with van der Waals surface area (Å²) in [6.45, 7) is 8.19. The Morgan fingerprint density at radius 1 is 1.43 bits per heavy atom. The smallest absolute Gasteiger partial charge is 0.339 e. The first-order valence-electron chi connectivity index (χ1n) is 6.43. The van der Waals surface area contributed by atoms with Gasteiger partial charge in [-0.05, 0) is 32.0 Å². The number of carbonyl (C=O) groups is 2. The Bertz CT molecular complexity index is 557. The molecule has 0 aliphatic carbocycles. The van der Waals surface area contributed by atoms with Crippen molar-refractivity contribution in [3.63, 3.8) is 0 Å². The van der Waals surface area contributed by atoms with E-state index in [1.807, 2.05) is 13.8 Å². The van der Waals surface area contributed by atoms with Gasteiger partial charge in [0.05, 0.1) is 0 Å². The van der Waals surface area contributed by atoms with Crippen LogP contribution >= 0.6 is 11.6 Å². The van der Waals surface area contributed by atoms with Crippen LogP contribution in [0.1, 0.15) is 24.2 Å². The molecule has 6 heteroatoms. The van der Waals surface area contributed by atoms with Crippen molar-refractivity contribution in [2.24, 2.45) is 0 Å². The Labute approximate surface area is 128 Å². The average Bonchev–Trinajstić information content (AvgIpc) is 2.42. The zero-order chi connectivity index (χ0) is 16.0. The number of halogens is 1. The van der Waals surface area contributed by atoms with Crippen molar-refractivity contribution >= 4 is 23.5 Å². The molecule has 0 saturated carbocycles. The van der Waals surface area contributed by atoms with E-state index in [1.54, 1.807) is 4.90 Å². The summed E-state index contributed by atoms with van der Waals surface area (Å²) in [5, 5.41) is 9.38. The van der Waals surface area contributed by atoms with Gasteiger partial charge in [-0.3, -0.25) is 4.79 Å². The van der Waals surface area contributed by atoms with Crippen LogP contribution in [0.25, 0.3) is 0 Å². The highest BCUT2D eigenvalue weighted by Crippen LogP contribution is 2.23. The summed E-state index contributed by atoms with van der Waals surface area (Å²) in [5.74, 6) is -1.27. The standard InChI is InChI=1S/C15H18ClNO4/c1-4-17(8-10(2)3)14(18)9-21-13-6-5-11(16)7-12(13)15(19)20/h5-7H,2,4,8-9H2,1,3H3,(H,19,20).